The van der Waals surface area contributed by atoms with Gasteiger partial charge in [0.2, 0.25) is 10.0 Å². The number of esters is 1. The van der Waals surface area contributed by atoms with Crippen LogP contribution in [0.1, 0.15) is 31.1 Å². The van der Waals surface area contributed by atoms with E-state index in [9.17, 15) is 22.4 Å². The lowest BCUT2D eigenvalue weighted by Crippen LogP contribution is -2.42. The average molecular weight is 416 g/mol. The van der Waals surface area contributed by atoms with E-state index < -0.39 is 39.3 Å². The molecule has 10 heteroatoms. The number of halogens is 1. The second-order valence-electron chi connectivity index (χ2n) is 6.49. The summed E-state index contributed by atoms with van der Waals surface area (Å²) in [6.07, 6.45) is 0. The molecule has 0 aromatic heterocycles. The number of sulfonamides is 1. The van der Waals surface area contributed by atoms with Gasteiger partial charge in [-0.2, -0.15) is 4.31 Å². The first kappa shape index (κ1) is 22.3. The maximum atomic E-state index is 14.4. The zero-order valence-electron chi connectivity index (χ0n) is 16.2. The Morgan fingerprint density at radius 3 is 2.50 bits per heavy atom. The standard InChI is InChI=1S/C18H25FN2O6S/c1-4-27-17(22)12-21(13(2)3)18(23)15-11-14(5-6-16(15)19)28(24,25)20-7-9-26-10-8-20/h5-6,11,13H,4,7-10,12H2,1-3H3. The maximum Gasteiger partial charge on any atom is 0.325 e. The molecule has 1 aliphatic heterocycles. The first-order valence-corrected chi connectivity index (χ1v) is 10.5. The minimum absolute atomic E-state index is 0.153. The van der Waals surface area contributed by atoms with Gasteiger partial charge in [-0.1, -0.05) is 0 Å². The molecule has 1 amide bonds. The van der Waals surface area contributed by atoms with Crippen LogP contribution in [0.5, 0.6) is 0 Å². The number of rotatable bonds is 7. The normalized spacial score (nSPS) is 15.5. The van der Waals surface area contributed by atoms with Gasteiger partial charge in [-0.3, -0.25) is 9.59 Å². The number of nitrogens with zero attached hydrogens (tertiary/aromatic N) is 2. The molecule has 1 saturated heterocycles. The van der Waals surface area contributed by atoms with E-state index >= 15 is 0 Å². The van der Waals surface area contributed by atoms with Gasteiger partial charge in [0.25, 0.3) is 5.91 Å². The highest BCUT2D eigenvalue weighted by atomic mass is 32.2. The molecule has 0 unspecified atom stereocenters. The Kier molecular flexibility index (Phi) is 7.50. The molecule has 1 aromatic rings. The number of carbonyl (C=O) groups is 2. The van der Waals surface area contributed by atoms with Gasteiger partial charge in [0.1, 0.15) is 12.4 Å². The van der Waals surface area contributed by atoms with Crippen molar-refractivity contribution in [1.29, 1.82) is 0 Å². The third-order valence-corrected chi connectivity index (χ3v) is 6.16. The smallest absolute Gasteiger partial charge is 0.325 e. The van der Waals surface area contributed by atoms with Crippen LogP contribution in [-0.2, 0) is 24.3 Å². The van der Waals surface area contributed by atoms with E-state index in [0.29, 0.717) is 0 Å². The van der Waals surface area contributed by atoms with Crippen LogP contribution in [0, 0.1) is 5.82 Å². The second kappa shape index (κ2) is 9.44. The molecule has 1 fully saturated rings. The van der Waals surface area contributed by atoms with Gasteiger partial charge >= 0.3 is 5.97 Å². The van der Waals surface area contributed by atoms with Crippen LogP contribution in [0.3, 0.4) is 0 Å². The molecule has 0 atom stereocenters. The van der Waals surface area contributed by atoms with E-state index in [1.165, 1.54) is 4.31 Å². The minimum Gasteiger partial charge on any atom is -0.465 e. The first-order chi connectivity index (χ1) is 13.2. The van der Waals surface area contributed by atoms with E-state index in [2.05, 4.69) is 0 Å². The Balaban J connectivity index is 2.35. The molecule has 0 N–H and O–H groups in total. The summed E-state index contributed by atoms with van der Waals surface area (Å²) in [5.41, 5.74) is -0.410. The van der Waals surface area contributed by atoms with Gasteiger partial charge in [-0.15, -0.1) is 0 Å². The summed E-state index contributed by atoms with van der Waals surface area (Å²) in [6, 6.07) is 2.67. The first-order valence-electron chi connectivity index (χ1n) is 9.02. The Bertz CT molecular complexity index is 821. The van der Waals surface area contributed by atoms with Crippen LogP contribution in [0.4, 0.5) is 4.39 Å². The lowest BCUT2D eigenvalue weighted by molar-refractivity contribution is -0.144. The predicted octanol–water partition coefficient (Wildman–Crippen LogP) is 1.26. The molecule has 8 nitrogen and oxygen atoms in total. The number of hydrogen-bond donors (Lipinski definition) is 0. The summed E-state index contributed by atoms with van der Waals surface area (Å²) >= 11 is 0. The number of amides is 1. The number of hydrogen-bond acceptors (Lipinski definition) is 6. The predicted molar refractivity (Wildman–Crippen MR) is 98.8 cm³/mol. The molecule has 2 rings (SSSR count). The van der Waals surface area contributed by atoms with Crippen molar-refractivity contribution >= 4 is 21.9 Å². The van der Waals surface area contributed by atoms with E-state index in [4.69, 9.17) is 9.47 Å². The number of ether oxygens (including phenoxy) is 2. The Labute approximate surface area is 164 Å². The van der Waals surface area contributed by atoms with Crippen molar-refractivity contribution in [2.24, 2.45) is 0 Å². The fraction of sp³-hybridized carbons (Fsp3) is 0.556. The molecule has 0 aliphatic carbocycles. The molecule has 0 radical (unpaired) electrons. The fourth-order valence-corrected chi connectivity index (χ4v) is 4.19. The zero-order valence-corrected chi connectivity index (χ0v) is 17.0. The van der Waals surface area contributed by atoms with Gasteiger partial charge in [-0.05, 0) is 39.0 Å². The molecule has 28 heavy (non-hydrogen) atoms. The van der Waals surface area contributed by atoms with E-state index in [0.717, 1.165) is 23.1 Å². The third kappa shape index (κ3) is 5.06. The monoisotopic (exact) mass is 416 g/mol. The lowest BCUT2D eigenvalue weighted by Gasteiger charge is -2.27. The topological polar surface area (TPSA) is 93.2 Å². The van der Waals surface area contributed by atoms with Gasteiger partial charge in [0.05, 0.1) is 30.3 Å². The fourth-order valence-electron chi connectivity index (χ4n) is 2.75. The molecule has 156 valence electrons. The Hall–Kier alpha value is -2.04. The van der Waals surface area contributed by atoms with Crippen LogP contribution in [-0.4, -0.2) is 75.0 Å². The molecular weight excluding hydrogens is 391 g/mol. The molecular formula is C18H25FN2O6S. The van der Waals surface area contributed by atoms with Crippen molar-refractivity contribution in [2.45, 2.75) is 31.7 Å². The van der Waals surface area contributed by atoms with E-state index in [1.54, 1.807) is 20.8 Å². The third-order valence-electron chi connectivity index (χ3n) is 4.27. The van der Waals surface area contributed by atoms with Gasteiger partial charge in [0, 0.05) is 19.1 Å². The quantitative estimate of drug-likeness (QED) is 0.622. The maximum absolute atomic E-state index is 14.4. The van der Waals surface area contributed by atoms with Gasteiger partial charge in [0.15, 0.2) is 0 Å². The SMILES string of the molecule is CCOC(=O)CN(C(=O)c1cc(S(=O)(=O)N2CCOCC2)ccc1F)C(C)C. The van der Waals surface area contributed by atoms with Crippen molar-refractivity contribution in [3.63, 3.8) is 0 Å². The Morgan fingerprint density at radius 1 is 1.29 bits per heavy atom. The summed E-state index contributed by atoms with van der Waals surface area (Å²) in [5, 5.41) is 0. The van der Waals surface area contributed by atoms with Crippen LogP contribution >= 0.6 is 0 Å². The largest absolute Gasteiger partial charge is 0.465 e. The minimum atomic E-state index is -3.89. The van der Waals surface area contributed by atoms with Crippen LogP contribution in [0.25, 0.3) is 0 Å². The molecule has 1 aliphatic rings. The zero-order chi connectivity index (χ0) is 20.9. The number of morpholine rings is 1. The summed E-state index contributed by atoms with van der Waals surface area (Å²) in [5.74, 6) is -2.26. The highest BCUT2D eigenvalue weighted by molar-refractivity contribution is 7.89. The number of benzene rings is 1. The molecule has 0 bridgehead atoms. The van der Waals surface area contributed by atoms with Crippen molar-refractivity contribution in [3.8, 4) is 0 Å². The highest BCUT2D eigenvalue weighted by Crippen LogP contribution is 2.22. The van der Waals surface area contributed by atoms with E-state index in [-0.39, 0.29) is 44.4 Å². The second-order valence-corrected chi connectivity index (χ2v) is 8.43. The van der Waals surface area contributed by atoms with Crippen molar-refractivity contribution in [1.82, 2.24) is 9.21 Å². The molecule has 0 spiro atoms. The lowest BCUT2D eigenvalue weighted by atomic mass is 10.1. The highest BCUT2D eigenvalue weighted by Gasteiger charge is 2.30. The van der Waals surface area contributed by atoms with E-state index in [1.807, 2.05) is 0 Å². The van der Waals surface area contributed by atoms with Gasteiger partial charge < -0.3 is 14.4 Å². The molecule has 1 heterocycles. The number of carbonyl (C=O) groups excluding carboxylic acids is 2. The van der Waals surface area contributed by atoms with Crippen molar-refractivity contribution in [2.75, 3.05) is 39.5 Å². The van der Waals surface area contributed by atoms with Crippen LogP contribution in [0.15, 0.2) is 23.1 Å². The van der Waals surface area contributed by atoms with Gasteiger partial charge in [-0.25, -0.2) is 12.8 Å². The Morgan fingerprint density at radius 2 is 1.93 bits per heavy atom. The van der Waals surface area contributed by atoms with Crippen LogP contribution in [0.2, 0.25) is 0 Å². The summed E-state index contributed by atoms with van der Waals surface area (Å²) < 4.78 is 51.2. The van der Waals surface area contributed by atoms with Crippen molar-refractivity contribution < 1.29 is 31.9 Å². The molecule has 1 aromatic carbocycles. The average Bonchev–Trinajstić information content (AvgIpc) is 2.66. The summed E-state index contributed by atoms with van der Waals surface area (Å²) in [6.45, 7) is 5.68. The summed E-state index contributed by atoms with van der Waals surface area (Å²) in [7, 11) is -3.89. The summed E-state index contributed by atoms with van der Waals surface area (Å²) in [4.78, 5) is 25.6. The van der Waals surface area contributed by atoms with Crippen LogP contribution < -0.4 is 0 Å². The molecule has 0 saturated carbocycles. The van der Waals surface area contributed by atoms with Crippen molar-refractivity contribution in [3.05, 3.63) is 29.6 Å².